The molecule has 1 aliphatic rings. The van der Waals surface area contributed by atoms with Crippen molar-refractivity contribution in [1.29, 1.82) is 0 Å². The Morgan fingerprint density at radius 2 is 1.44 bits per heavy atom. The lowest BCUT2D eigenvalue weighted by molar-refractivity contribution is -0.398. The first-order chi connectivity index (χ1) is 16.4. The zero-order chi connectivity index (χ0) is 27.3. The molecule has 0 radical (unpaired) electrons. The van der Waals surface area contributed by atoms with E-state index in [1.54, 1.807) is 30.3 Å². The molecule has 0 aromatic heterocycles. The van der Waals surface area contributed by atoms with Gasteiger partial charge in [-0.1, -0.05) is 54.1 Å². The maximum Gasteiger partial charge on any atom is 0.460 e. The van der Waals surface area contributed by atoms with Crippen molar-refractivity contribution in [2.24, 2.45) is 5.41 Å². The molecule has 1 amide bonds. The summed E-state index contributed by atoms with van der Waals surface area (Å²) in [5, 5.41) is 0.190. The SMILES string of the molecule is CC1=C(c2cccc(Cl)c2)N(Cc2ccccc2)C(=O)C1(C)CC(F)(F)C(F)(F)C(F)(F)C(F)(F)F. The number of hydrogen-bond donors (Lipinski definition) is 0. The van der Waals surface area contributed by atoms with Crippen LogP contribution in [0.3, 0.4) is 0 Å². The highest BCUT2D eigenvalue weighted by Crippen LogP contribution is 2.58. The van der Waals surface area contributed by atoms with Crippen LogP contribution in [0.4, 0.5) is 39.5 Å². The third kappa shape index (κ3) is 4.46. The van der Waals surface area contributed by atoms with Crippen molar-refractivity contribution < 1.29 is 44.3 Å². The van der Waals surface area contributed by atoms with E-state index in [9.17, 15) is 44.3 Å². The molecule has 1 heterocycles. The number of carbonyl (C=O) groups excluding carboxylic acids is 1. The fraction of sp³-hybridized carbons (Fsp3) is 0.375. The Labute approximate surface area is 205 Å². The Morgan fingerprint density at radius 1 is 0.861 bits per heavy atom. The van der Waals surface area contributed by atoms with Gasteiger partial charge in [0.25, 0.3) is 0 Å². The molecule has 1 unspecified atom stereocenters. The molecule has 1 atom stereocenters. The Kier molecular flexibility index (Phi) is 6.98. The molecule has 0 N–H and O–H groups in total. The van der Waals surface area contributed by atoms with Crippen LogP contribution in [-0.2, 0) is 11.3 Å². The van der Waals surface area contributed by atoms with Crippen LogP contribution >= 0.6 is 11.6 Å². The summed E-state index contributed by atoms with van der Waals surface area (Å²) in [6.07, 6.45) is -9.24. The summed E-state index contributed by atoms with van der Waals surface area (Å²) < 4.78 is 122. The quantitative estimate of drug-likeness (QED) is 0.324. The Balaban J connectivity index is 2.13. The average molecular weight is 544 g/mol. The second-order valence-corrected chi connectivity index (χ2v) is 9.16. The van der Waals surface area contributed by atoms with Crippen molar-refractivity contribution in [3.63, 3.8) is 0 Å². The first-order valence-corrected chi connectivity index (χ1v) is 10.8. The molecular formula is C24H19ClF9NO. The molecule has 1 aliphatic heterocycles. The first-order valence-electron chi connectivity index (χ1n) is 10.4. The van der Waals surface area contributed by atoms with Crippen LogP contribution in [0.25, 0.3) is 5.70 Å². The summed E-state index contributed by atoms with van der Waals surface area (Å²) in [5.41, 5.74) is -1.99. The van der Waals surface area contributed by atoms with Crippen LogP contribution in [-0.4, -0.2) is 34.8 Å². The monoisotopic (exact) mass is 543 g/mol. The highest BCUT2D eigenvalue weighted by atomic mass is 35.5. The van der Waals surface area contributed by atoms with E-state index in [-0.39, 0.29) is 28.4 Å². The van der Waals surface area contributed by atoms with Gasteiger partial charge in [-0.3, -0.25) is 4.79 Å². The zero-order valence-corrected chi connectivity index (χ0v) is 19.5. The number of halogens is 10. The van der Waals surface area contributed by atoms with Gasteiger partial charge in [-0.2, -0.15) is 39.5 Å². The smallest absolute Gasteiger partial charge is 0.307 e. The normalized spacial score (nSPS) is 19.9. The molecule has 0 saturated carbocycles. The fourth-order valence-electron chi connectivity index (χ4n) is 4.12. The summed E-state index contributed by atoms with van der Waals surface area (Å²) in [4.78, 5) is 14.4. The Hall–Kier alpha value is -2.69. The third-order valence-electron chi connectivity index (χ3n) is 6.24. The van der Waals surface area contributed by atoms with Crippen molar-refractivity contribution >= 4 is 23.2 Å². The minimum atomic E-state index is -7.04. The van der Waals surface area contributed by atoms with Gasteiger partial charge in [-0.05, 0) is 42.7 Å². The van der Waals surface area contributed by atoms with Gasteiger partial charge in [0.1, 0.15) is 0 Å². The van der Waals surface area contributed by atoms with Crippen LogP contribution in [0.5, 0.6) is 0 Å². The van der Waals surface area contributed by atoms with Crippen LogP contribution < -0.4 is 0 Å². The largest absolute Gasteiger partial charge is 0.460 e. The molecule has 0 bridgehead atoms. The molecule has 36 heavy (non-hydrogen) atoms. The molecular weight excluding hydrogens is 525 g/mol. The molecule has 0 aliphatic carbocycles. The predicted octanol–water partition coefficient (Wildman–Crippen LogP) is 7.98. The fourth-order valence-corrected chi connectivity index (χ4v) is 4.31. The van der Waals surface area contributed by atoms with Crippen molar-refractivity contribution in [2.75, 3.05) is 0 Å². The van der Waals surface area contributed by atoms with Crippen LogP contribution in [0, 0.1) is 5.41 Å². The van der Waals surface area contributed by atoms with E-state index >= 15 is 0 Å². The zero-order valence-electron chi connectivity index (χ0n) is 18.7. The molecule has 2 aromatic carbocycles. The van der Waals surface area contributed by atoms with Crippen LogP contribution in [0.2, 0.25) is 5.02 Å². The number of benzene rings is 2. The van der Waals surface area contributed by atoms with E-state index in [0.717, 1.165) is 18.7 Å². The first kappa shape index (κ1) is 27.9. The third-order valence-corrected chi connectivity index (χ3v) is 6.47. The maximum atomic E-state index is 14.7. The maximum absolute atomic E-state index is 14.7. The molecule has 2 aromatic rings. The van der Waals surface area contributed by atoms with E-state index < -0.39 is 41.7 Å². The highest BCUT2D eigenvalue weighted by Gasteiger charge is 2.82. The number of alkyl halides is 9. The topological polar surface area (TPSA) is 20.3 Å². The van der Waals surface area contributed by atoms with E-state index in [1.165, 1.54) is 24.3 Å². The standard InChI is InChI=1S/C24H19ClF9NO/c1-14-18(16-9-6-10-17(25)11-16)35(12-15-7-4-3-5-8-15)19(36)20(14,2)13-21(26,27)22(28,29)23(30,31)24(32,33)34/h3-11H,12-13H2,1-2H3. The highest BCUT2D eigenvalue weighted by molar-refractivity contribution is 6.30. The number of nitrogens with zero attached hydrogens (tertiary/aromatic N) is 1. The molecule has 196 valence electrons. The van der Waals surface area contributed by atoms with Crippen molar-refractivity contribution in [2.45, 2.75) is 50.8 Å². The second kappa shape index (κ2) is 9.00. The molecule has 3 rings (SSSR count). The molecule has 12 heteroatoms. The van der Waals surface area contributed by atoms with Gasteiger partial charge in [0.05, 0.1) is 17.7 Å². The van der Waals surface area contributed by atoms with Crippen LogP contribution in [0.1, 0.15) is 31.4 Å². The lowest BCUT2D eigenvalue weighted by Crippen LogP contribution is -2.62. The van der Waals surface area contributed by atoms with Crippen molar-refractivity contribution in [1.82, 2.24) is 4.90 Å². The number of carbonyl (C=O) groups is 1. The van der Waals surface area contributed by atoms with Gasteiger partial charge < -0.3 is 4.90 Å². The van der Waals surface area contributed by atoms with E-state index in [1.807, 2.05) is 0 Å². The van der Waals surface area contributed by atoms with Gasteiger partial charge in [-0.15, -0.1) is 0 Å². The summed E-state index contributed by atoms with van der Waals surface area (Å²) in [7, 11) is 0. The number of hydrogen-bond acceptors (Lipinski definition) is 1. The molecule has 2 nitrogen and oxygen atoms in total. The second-order valence-electron chi connectivity index (χ2n) is 8.72. The lowest BCUT2D eigenvalue weighted by Gasteiger charge is -2.37. The van der Waals surface area contributed by atoms with E-state index in [4.69, 9.17) is 11.6 Å². The Morgan fingerprint density at radius 3 is 1.97 bits per heavy atom. The van der Waals surface area contributed by atoms with E-state index in [0.29, 0.717) is 5.56 Å². The average Bonchev–Trinajstić information content (AvgIpc) is 2.93. The summed E-state index contributed by atoms with van der Waals surface area (Å²) >= 11 is 6.01. The van der Waals surface area contributed by atoms with Gasteiger partial charge in [-0.25, -0.2) is 0 Å². The molecule has 0 spiro atoms. The number of amides is 1. The lowest BCUT2D eigenvalue weighted by atomic mass is 9.76. The number of rotatable bonds is 7. The minimum absolute atomic E-state index is 0.00977. The van der Waals surface area contributed by atoms with Crippen LogP contribution in [0.15, 0.2) is 60.2 Å². The van der Waals surface area contributed by atoms with Gasteiger partial charge in [0.15, 0.2) is 0 Å². The Bertz CT molecular complexity index is 1180. The van der Waals surface area contributed by atoms with E-state index in [2.05, 4.69) is 0 Å². The summed E-state index contributed by atoms with van der Waals surface area (Å²) in [6.45, 7) is 1.76. The summed E-state index contributed by atoms with van der Waals surface area (Å²) in [5.74, 6) is -21.0. The van der Waals surface area contributed by atoms with Gasteiger partial charge in [0.2, 0.25) is 5.91 Å². The van der Waals surface area contributed by atoms with Crippen molar-refractivity contribution in [3.05, 3.63) is 76.3 Å². The van der Waals surface area contributed by atoms with Gasteiger partial charge >= 0.3 is 23.9 Å². The summed E-state index contributed by atoms with van der Waals surface area (Å²) in [6, 6.07) is 13.9. The minimum Gasteiger partial charge on any atom is -0.307 e. The van der Waals surface area contributed by atoms with Crippen molar-refractivity contribution in [3.8, 4) is 0 Å². The molecule has 0 fully saturated rings. The predicted molar refractivity (Wildman–Crippen MR) is 115 cm³/mol. The van der Waals surface area contributed by atoms with Gasteiger partial charge in [0, 0.05) is 11.4 Å². The molecule has 0 saturated heterocycles.